The minimum absolute atomic E-state index is 0.239. The van der Waals surface area contributed by atoms with Crippen LogP contribution in [0.15, 0.2) is 42.6 Å². The molecule has 8 heteroatoms. The number of nitro groups is 1. The van der Waals surface area contributed by atoms with Crippen molar-refractivity contribution in [2.24, 2.45) is 0 Å². The zero-order chi connectivity index (χ0) is 14.8. The molecule has 0 atom stereocenters. The SMILES string of the molecule is O=[N+]([O-])c1cc(C(F)(F)F)cnc1Oc1ccccc1. The summed E-state index contributed by atoms with van der Waals surface area (Å²) < 4.78 is 42.6. The van der Waals surface area contributed by atoms with E-state index in [1.165, 1.54) is 12.1 Å². The Balaban J connectivity index is 2.41. The van der Waals surface area contributed by atoms with Gasteiger partial charge in [0.05, 0.1) is 10.5 Å². The third kappa shape index (κ3) is 3.02. The van der Waals surface area contributed by atoms with Crippen LogP contribution >= 0.6 is 0 Å². The van der Waals surface area contributed by atoms with E-state index in [2.05, 4.69) is 4.98 Å². The van der Waals surface area contributed by atoms with Gasteiger partial charge in [0, 0.05) is 12.3 Å². The van der Waals surface area contributed by atoms with E-state index in [9.17, 15) is 23.3 Å². The maximum atomic E-state index is 12.5. The monoisotopic (exact) mass is 284 g/mol. The Morgan fingerprint density at radius 2 is 1.85 bits per heavy atom. The number of hydrogen-bond acceptors (Lipinski definition) is 4. The second kappa shape index (κ2) is 5.16. The highest BCUT2D eigenvalue weighted by Gasteiger charge is 2.34. The molecule has 0 N–H and O–H groups in total. The molecule has 0 aliphatic carbocycles. The first-order chi connectivity index (χ1) is 9.38. The van der Waals surface area contributed by atoms with Crippen LogP contribution in [0.5, 0.6) is 11.6 Å². The number of para-hydroxylation sites is 1. The van der Waals surface area contributed by atoms with Crippen LogP contribution in [0.2, 0.25) is 0 Å². The van der Waals surface area contributed by atoms with Crippen LogP contribution in [-0.2, 0) is 6.18 Å². The van der Waals surface area contributed by atoms with Gasteiger partial charge in [-0.15, -0.1) is 0 Å². The average molecular weight is 284 g/mol. The quantitative estimate of drug-likeness (QED) is 0.635. The Bertz CT molecular complexity index is 630. The van der Waals surface area contributed by atoms with Gasteiger partial charge in [0.2, 0.25) is 0 Å². The molecule has 104 valence electrons. The number of aromatic nitrogens is 1. The lowest BCUT2D eigenvalue weighted by atomic mass is 10.2. The molecule has 0 bridgehead atoms. The number of alkyl halides is 3. The number of hydrogen-bond donors (Lipinski definition) is 0. The van der Waals surface area contributed by atoms with Crippen LogP contribution in [-0.4, -0.2) is 9.91 Å². The molecule has 20 heavy (non-hydrogen) atoms. The van der Waals surface area contributed by atoms with Gasteiger partial charge < -0.3 is 4.74 Å². The van der Waals surface area contributed by atoms with Crippen LogP contribution in [0.25, 0.3) is 0 Å². The Labute approximate surface area is 110 Å². The summed E-state index contributed by atoms with van der Waals surface area (Å²) in [6, 6.07) is 8.33. The molecule has 0 amide bonds. The van der Waals surface area contributed by atoms with Crippen molar-refractivity contribution in [1.29, 1.82) is 0 Å². The Kier molecular flexibility index (Phi) is 3.55. The Morgan fingerprint density at radius 1 is 1.20 bits per heavy atom. The van der Waals surface area contributed by atoms with E-state index in [1.807, 2.05) is 0 Å². The summed E-state index contributed by atoms with van der Waals surface area (Å²) in [4.78, 5) is 13.2. The van der Waals surface area contributed by atoms with Crippen LogP contribution in [0.4, 0.5) is 18.9 Å². The molecule has 2 aromatic rings. The second-order valence-electron chi connectivity index (χ2n) is 3.72. The fourth-order valence-electron chi connectivity index (χ4n) is 1.41. The zero-order valence-electron chi connectivity index (χ0n) is 9.79. The standard InChI is InChI=1S/C12H7F3N2O3/c13-12(14,15)8-6-10(17(18)19)11(16-7-8)20-9-4-2-1-3-5-9/h1-7H. The first kappa shape index (κ1) is 13.8. The van der Waals surface area contributed by atoms with Crippen molar-refractivity contribution in [2.75, 3.05) is 0 Å². The third-order valence-electron chi connectivity index (χ3n) is 2.31. The van der Waals surface area contributed by atoms with Gasteiger partial charge in [0.25, 0.3) is 5.88 Å². The van der Waals surface area contributed by atoms with Gasteiger partial charge in [-0.1, -0.05) is 18.2 Å². The van der Waals surface area contributed by atoms with E-state index in [1.54, 1.807) is 18.2 Å². The fraction of sp³-hybridized carbons (Fsp3) is 0.0833. The molecule has 5 nitrogen and oxygen atoms in total. The predicted octanol–water partition coefficient (Wildman–Crippen LogP) is 3.80. The highest BCUT2D eigenvalue weighted by atomic mass is 19.4. The molecule has 0 fully saturated rings. The van der Waals surface area contributed by atoms with Gasteiger partial charge in [-0.2, -0.15) is 13.2 Å². The van der Waals surface area contributed by atoms with Gasteiger partial charge >= 0.3 is 11.9 Å². The molecule has 0 spiro atoms. The van der Waals surface area contributed by atoms with Crippen molar-refractivity contribution < 1.29 is 22.8 Å². The lowest BCUT2D eigenvalue weighted by molar-refractivity contribution is -0.386. The fourth-order valence-corrected chi connectivity index (χ4v) is 1.41. The van der Waals surface area contributed by atoms with Crippen molar-refractivity contribution >= 4 is 5.69 Å². The molecule has 1 heterocycles. The number of benzene rings is 1. The summed E-state index contributed by atoms with van der Waals surface area (Å²) in [6.45, 7) is 0. The topological polar surface area (TPSA) is 65.3 Å². The number of pyridine rings is 1. The van der Waals surface area contributed by atoms with Crippen LogP contribution in [0, 0.1) is 10.1 Å². The molecule has 0 aliphatic heterocycles. The van der Waals surface area contributed by atoms with Gasteiger partial charge in [-0.05, 0) is 12.1 Å². The summed E-state index contributed by atoms with van der Waals surface area (Å²) in [5.41, 5.74) is -2.05. The number of ether oxygens (including phenoxy) is 1. The van der Waals surface area contributed by atoms with E-state index >= 15 is 0 Å². The van der Waals surface area contributed by atoms with E-state index in [-0.39, 0.29) is 5.75 Å². The zero-order valence-corrected chi connectivity index (χ0v) is 9.79. The Hall–Kier alpha value is -2.64. The molecule has 2 rings (SSSR count). The minimum Gasteiger partial charge on any atom is -0.434 e. The van der Waals surface area contributed by atoms with Crippen molar-refractivity contribution in [2.45, 2.75) is 6.18 Å². The molecular weight excluding hydrogens is 277 g/mol. The second-order valence-corrected chi connectivity index (χ2v) is 3.72. The van der Waals surface area contributed by atoms with Crippen molar-refractivity contribution in [3.05, 3.63) is 58.3 Å². The first-order valence-corrected chi connectivity index (χ1v) is 5.32. The lowest BCUT2D eigenvalue weighted by Crippen LogP contribution is -2.07. The summed E-state index contributed by atoms with van der Waals surface area (Å²) >= 11 is 0. The third-order valence-corrected chi connectivity index (χ3v) is 2.31. The maximum Gasteiger partial charge on any atom is 0.418 e. The average Bonchev–Trinajstić information content (AvgIpc) is 2.38. The van der Waals surface area contributed by atoms with Crippen molar-refractivity contribution in [3.63, 3.8) is 0 Å². The molecule has 0 radical (unpaired) electrons. The smallest absolute Gasteiger partial charge is 0.418 e. The first-order valence-electron chi connectivity index (χ1n) is 5.32. The van der Waals surface area contributed by atoms with E-state index in [0.717, 1.165) is 0 Å². The van der Waals surface area contributed by atoms with Gasteiger partial charge in [0.1, 0.15) is 5.75 Å². The lowest BCUT2D eigenvalue weighted by Gasteiger charge is -2.08. The van der Waals surface area contributed by atoms with E-state index < -0.39 is 28.2 Å². The molecule has 1 aromatic heterocycles. The van der Waals surface area contributed by atoms with Gasteiger partial charge in [-0.3, -0.25) is 10.1 Å². The number of rotatable bonds is 3. The van der Waals surface area contributed by atoms with Crippen molar-refractivity contribution in [3.8, 4) is 11.6 Å². The predicted molar refractivity (Wildman–Crippen MR) is 62.4 cm³/mol. The van der Waals surface area contributed by atoms with Crippen LogP contribution in [0.3, 0.4) is 0 Å². The normalized spacial score (nSPS) is 11.2. The molecule has 0 unspecified atom stereocenters. The Morgan fingerprint density at radius 3 is 2.40 bits per heavy atom. The molecule has 0 saturated heterocycles. The molecule has 1 aromatic carbocycles. The number of nitrogens with zero attached hydrogens (tertiary/aromatic N) is 2. The molecule has 0 saturated carbocycles. The summed E-state index contributed by atoms with van der Waals surface area (Å²) in [5, 5.41) is 10.8. The minimum atomic E-state index is -4.71. The summed E-state index contributed by atoms with van der Waals surface area (Å²) in [6.07, 6.45) is -4.21. The summed E-state index contributed by atoms with van der Waals surface area (Å²) in [5.74, 6) is -0.253. The maximum absolute atomic E-state index is 12.5. The summed E-state index contributed by atoms with van der Waals surface area (Å²) in [7, 11) is 0. The van der Waals surface area contributed by atoms with Gasteiger partial charge in [0.15, 0.2) is 0 Å². The highest BCUT2D eigenvalue weighted by molar-refractivity contribution is 5.45. The number of halogens is 3. The van der Waals surface area contributed by atoms with E-state index in [4.69, 9.17) is 4.74 Å². The van der Waals surface area contributed by atoms with Crippen LogP contribution < -0.4 is 4.74 Å². The molecular formula is C12H7F3N2O3. The van der Waals surface area contributed by atoms with E-state index in [0.29, 0.717) is 12.3 Å². The van der Waals surface area contributed by atoms with Crippen LogP contribution in [0.1, 0.15) is 5.56 Å². The largest absolute Gasteiger partial charge is 0.434 e. The highest BCUT2D eigenvalue weighted by Crippen LogP contribution is 2.35. The van der Waals surface area contributed by atoms with Crippen molar-refractivity contribution in [1.82, 2.24) is 4.98 Å². The molecule has 0 aliphatic rings. The van der Waals surface area contributed by atoms with Gasteiger partial charge in [-0.25, -0.2) is 4.98 Å².